The summed E-state index contributed by atoms with van der Waals surface area (Å²) in [5.41, 5.74) is 3.81. The van der Waals surface area contributed by atoms with E-state index in [4.69, 9.17) is 9.47 Å². The van der Waals surface area contributed by atoms with Crippen molar-refractivity contribution in [3.63, 3.8) is 0 Å². The number of benzene rings is 3. The van der Waals surface area contributed by atoms with E-state index in [-0.39, 0.29) is 6.61 Å². The molecule has 0 aliphatic heterocycles. The normalized spacial score (nSPS) is 11.1. The Kier molecular flexibility index (Phi) is 5.93. The van der Waals surface area contributed by atoms with Gasteiger partial charge in [0, 0.05) is 17.0 Å². The Morgan fingerprint density at radius 2 is 1.53 bits per heavy atom. The summed E-state index contributed by atoms with van der Waals surface area (Å²) < 4.78 is 11.8. The third-order valence-corrected chi connectivity index (χ3v) is 4.92. The first-order chi connectivity index (χ1) is 14.6. The van der Waals surface area contributed by atoms with Crippen LogP contribution >= 0.6 is 0 Å². The zero-order valence-electron chi connectivity index (χ0n) is 16.7. The number of aromatic nitrogens is 1. The Balaban J connectivity index is 1.42. The van der Waals surface area contributed by atoms with Crippen LogP contribution in [-0.4, -0.2) is 15.2 Å². The van der Waals surface area contributed by atoms with Crippen LogP contribution in [0.4, 0.5) is 0 Å². The van der Waals surface area contributed by atoms with E-state index in [1.165, 1.54) is 0 Å². The maximum absolute atomic E-state index is 9.65. The Labute approximate surface area is 175 Å². The van der Waals surface area contributed by atoms with Crippen molar-refractivity contribution in [2.75, 3.05) is 0 Å². The van der Waals surface area contributed by atoms with E-state index >= 15 is 0 Å². The smallest absolute Gasteiger partial charge is 0.179 e. The number of para-hydroxylation sites is 1. The number of ether oxygens (including phenoxy) is 2. The Bertz CT molecular complexity index is 1160. The van der Waals surface area contributed by atoms with Gasteiger partial charge in [0.15, 0.2) is 6.29 Å². The molecule has 5 heteroatoms. The van der Waals surface area contributed by atoms with Gasteiger partial charge >= 0.3 is 0 Å². The van der Waals surface area contributed by atoms with Crippen molar-refractivity contribution in [2.24, 2.45) is 0 Å². The Hall–Kier alpha value is -3.41. The molecule has 4 rings (SSSR count). The highest BCUT2D eigenvalue weighted by Gasteiger charge is 2.13. The molecule has 152 valence electrons. The molecule has 0 bridgehead atoms. The van der Waals surface area contributed by atoms with Crippen LogP contribution in [0.2, 0.25) is 0 Å². The minimum atomic E-state index is -1.53. The van der Waals surface area contributed by atoms with Crippen molar-refractivity contribution in [3.05, 3.63) is 101 Å². The molecule has 4 aromatic rings. The van der Waals surface area contributed by atoms with Gasteiger partial charge in [-0.2, -0.15) is 0 Å². The molecule has 2 N–H and O–H groups in total. The van der Waals surface area contributed by atoms with E-state index in [0.717, 1.165) is 27.7 Å². The Morgan fingerprint density at radius 1 is 0.800 bits per heavy atom. The lowest BCUT2D eigenvalue weighted by molar-refractivity contribution is -0.0440. The van der Waals surface area contributed by atoms with Crippen LogP contribution in [0, 0.1) is 6.92 Å². The number of rotatable bonds is 7. The SMILES string of the molecule is Cc1cccc(COc2cccc(OCc3ccc4ccccc4n3)c2)c1C(O)O. The van der Waals surface area contributed by atoms with Crippen LogP contribution < -0.4 is 9.47 Å². The fourth-order valence-corrected chi connectivity index (χ4v) is 3.40. The van der Waals surface area contributed by atoms with Gasteiger partial charge in [-0.3, -0.25) is 0 Å². The molecule has 0 saturated heterocycles. The quantitative estimate of drug-likeness (QED) is 0.440. The molecule has 5 nitrogen and oxygen atoms in total. The lowest BCUT2D eigenvalue weighted by atomic mass is 10.0. The topological polar surface area (TPSA) is 71.8 Å². The molecule has 30 heavy (non-hydrogen) atoms. The molecule has 0 saturated carbocycles. The lowest BCUT2D eigenvalue weighted by Crippen LogP contribution is -2.06. The number of aliphatic hydroxyl groups is 2. The van der Waals surface area contributed by atoms with Gasteiger partial charge in [-0.15, -0.1) is 0 Å². The van der Waals surface area contributed by atoms with Crippen molar-refractivity contribution >= 4 is 10.9 Å². The predicted octanol–water partition coefficient (Wildman–Crippen LogP) is 4.68. The maximum atomic E-state index is 9.65. The number of aliphatic hydroxyl groups excluding tert-OH is 1. The fraction of sp³-hybridized carbons (Fsp3) is 0.160. The third-order valence-electron chi connectivity index (χ3n) is 4.92. The number of aryl methyl sites for hydroxylation is 1. The van der Waals surface area contributed by atoms with E-state index in [2.05, 4.69) is 4.98 Å². The fourth-order valence-electron chi connectivity index (χ4n) is 3.40. The first-order valence-corrected chi connectivity index (χ1v) is 9.75. The first-order valence-electron chi connectivity index (χ1n) is 9.75. The monoisotopic (exact) mass is 401 g/mol. The van der Waals surface area contributed by atoms with Gasteiger partial charge in [0.05, 0.1) is 11.2 Å². The number of hydrogen-bond donors (Lipinski definition) is 2. The van der Waals surface area contributed by atoms with Gasteiger partial charge in [0.25, 0.3) is 0 Å². The number of fused-ring (bicyclic) bond motifs is 1. The van der Waals surface area contributed by atoms with Crippen molar-refractivity contribution in [1.82, 2.24) is 4.98 Å². The van der Waals surface area contributed by atoms with Gasteiger partial charge in [0.1, 0.15) is 24.7 Å². The number of nitrogens with zero attached hydrogens (tertiary/aromatic N) is 1. The highest BCUT2D eigenvalue weighted by atomic mass is 16.5. The summed E-state index contributed by atoms with van der Waals surface area (Å²) in [4.78, 5) is 4.62. The van der Waals surface area contributed by atoms with Crippen molar-refractivity contribution < 1.29 is 19.7 Å². The molecular formula is C25H23NO4. The number of pyridine rings is 1. The van der Waals surface area contributed by atoms with Gasteiger partial charge in [-0.25, -0.2) is 4.98 Å². The van der Waals surface area contributed by atoms with Crippen LogP contribution in [0.15, 0.2) is 78.9 Å². The lowest BCUT2D eigenvalue weighted by Gasteiger charge is -2.15. The van der Waals surface area contributed by atoms with Gasteiger partial charge in [0.2, 0.25) is 0 Å². The summed E-state index contributed by atoms with van der Waals surface area (Å²) in [5, 5.41) is 20.4. The summed E-state index contributed by atoms with van der Waals surface area (Å²) in [6.07, 6.45) is -1.53. The zero-order valence-corrected chi connectivity index (χ0v) is 16.7. The van der Waals surface area contributed by atoms with Gasteiger partial charge in [-0.05, 0) is 42.3 Å². The average molecular weight is 401 g/mol. The minimum absolute atomic E-state index is 0.227. The maximum Gasteiger partial charge on any atom is 0.179 e. The molecule has 0 fully saturated rings. The summed E-state index contributed by atoms with van der Waals surface area (Å²) in [6, 6.07) is 24.9. The van der Waals surface area contributed by atoms with Crippen LogP contribution in [-0.2, 0) is 13.2 Å². The molecule has 0 radical (unpaired) electrons. The molecule has 1 heterocycles. The largest absolute Gasteiger partial charge is 0.489 e. The van der Waals surface area contributed by atoms with E-state index in [9.17, 15) is 10.2 Å². The summed E-state index contributed by atoms with van der Waals surface area (Å²) in [6.45, 7) is 2.42. The third kappa shape index (κ3) is 4.59. The molecular weight excluding hydrogens is 378 g/mol. The molecule has 0 unspecified atom stereocenters. The van der Waals surface area contributed by atoms with Crippen LogP contribution in [0.1, 0.15) is 28.7 Å². The zero-order chi connectivity index (χ0) is 20.9. The minimum Gasteiger partial charge on any atom is -0.489 e. The van der Waals surface area contributed by atoms with Gasteiger partial charge in [-0.1, -0.05) is 48.5 Å². The van der Waals surface area contributed by atoms with Crippen molar-refractivity contribution in [3.8, 4) is 11.5 Å². The van der Waals surface area contributed by atoms with Crippen LogP contribution in [0.25, 0.3) is 10.9 Å². The molecule has 0 atom stereocenters. The van der Waals surface area contributed by atoms with E-state index < -0.39 is 6.29 Å². The van der Waals surface area contributed by atoms with Crippen molar-refractivity contribution in [1.29, 1.82) is 0 Å². The molecule has 1 aromatic heterocycles. The molecule has 0 aliphatic rings. The second-order valence-electron chi connectivity index (χ2n) is 7.07. The molecule has 0 spiro atoms. The van der Waals surface area contributed by atoms with Crippen molar-refractivity contribution in [2.45, 2.75) is 26.4 Å². The highest BCUT2D eigenvalue weighted by Crippen LogP contribution is 2.25. The second-order valence-corrected chi connectivity index (χ2v) is 7.07. The summed E-state index contributed by atoms with van der Waals surface area (Å²) in [7, 11) is 0. The molecule has 0 amide bonds. The standard InChI is InChI=1S/C25H23NO4/c1-17-6-4-8-19(24(17)25(27)28)15-29-21-9-5-10-22(14-21)30-16-20-13-12-18-7-2-3-11-23(18)26-20/h2-14,25,27-28H,15-16H2,1H3. The van der Waals surface area contributed by atoms with Gasteiger partial charge < -0.3 is 19.7 Å². The van der Waals surface area contributed by atoms with E-state index in [1.807, 2.05) is 85.8 Å². The Morgan fingerprint density at radius 3 is 2.33 bits per heavy atom. The van der Waals surface area contributed by atoms with E-state index in [0.29, 0.717) is 23.7 Å². The average Bonchev–Trinajstić information content (AvgIpc) is 2.76. The highest BCUT2D eigenvalue weighted by molar-refractivity contribution is 5.78. The predicted molar refractivity (Wildman–Crippen MR) is 115 cm³/mol. The van der Waals surface area contributed by atoms with Crippen LogP contribution in [0.5, 0.6) is 11.5 Å². The second kappa shape index (κ2) is 8.95. The summed E-state index contributed by atoms with van der Waals surface area (Å²) >= 11 is 0. The molecule has 3 aromatic carbocycles. The van der Waals surface area contributed by atoms with E-state index in [1.54, 1.807) is 0 Å². The number of hydrogen-bond acceptors (Lipinski definition) is 5. The summed E-state index contributed by atoms with van der Waals surface area (Å²) in [5.74, 6) is 1.31. The molecule has 0 aliphatic carbocycles. The van der Waals surface area contributed by atoms with Crippen LogP contribution in [0.3, 0.4) is 0 Å². The first kappa shape index (κ1) is 19.9.